The third-order valence-corrected chi connectivity index (χ3v) is 4.09. The number of oxime groups is 1. The van der Waals surface area contributed by atoms with E-state index in [-0.39, 0.29) is 22.5 Å². The molecular weight excluding hydrogens is 281 g/mol. The van der Waals surface area contributed by atoms with Gasteiger partial charge in [-0.05, 0) is 6.92 Å². The van der Waals surface area contributed by atoms with E-state index in [1.54, 1.807) is 0 Å². The first-order valence-electron chi connectivity index (χ1n) is 5.57. The van der Waals surface area contributed by atoms with Crippen molar-refractivity contribution in [2.45, 2.75) is 32.7 Å². The van der Waals surface area contributed by atoms with Gasteiger partial charge in [-0.2, -0.15) is 13.2 Å². The Labute approximate surface area is 112 Å². The van der Waals surface area contributed by atoms with Crippen molar-refractivity contribution >= 4 is 16.8 Å². The van der Waals surface area contributed by atoms with Crippen molar-refractivity contribution in [3.63, 3.8) is 0 Å². The summed E-state index contributed by atoms with van der Waals surface area (Å²) in [5.74, 6) is 0.285. The van der Waals surface area contributed by atoms with Gasteiger partial charge in [0.2, 0.25) is 0 Å². The highest BCUT2D eigenvalue weighted by atomic mass is 32.2. The fraction of sp³-hybridized carbons (Fsp3) is 0.636. The first kappa shape index (κ1) is 14.2. The van der Waals surface area contributed by atoms with Gasteiger partial charge < -0.3 is 9.36 Å². The molecule has 8 heteroatoms. The highest BCUT2D eigenvalue weighted by Gasteiger charge is 2.39. The van der Waals surface area contributed by atoms with Crippen LogP contribution in [0.25, 0.3) is 0 Å². The first-order chi connectivity index (χ1) is 8.72. The summed E-state index contributed by atoms with van der Waals surface area (Å²) < 4.78 is 42.8. The molecule has 0 aliphatic carbocycles. The van der Waals surface area contributed by atoms with Crippen molar-refractivity contribution in [1.82, 2.24) is 5.16 Å². The Kier molecular flexibility index (Phi) is 3.55. The van der Waals surface area contributed by atoms with E-state index in [2.05, 4.69) is 14.8 Å². The summed E-state index contributed by atoms with van der Waals surface area (Å²) in [6, 6.07) is 0. The zero-order valence-electron chi connectivity index (χ0n) is 10.7. The maximum atomic E-state index is 12.7. The lowest BCUT2D eigenvalue weighted by Gasteiger charge is -2.15. The topological polar surface area (TPSA) is 47.6 Å². The molecule has 2 heterocycles. The van der Waals surface area contributed by atoms with E-state index in [4.69, 9.17) is 4.84 Å². The summed E-state index contributed by atoms with van der Waals surface area (Å²) in [6.07, 6.45) is -4.50. The Morgan fingerprint density at radius 1 is 1.37 bits per heavy atom. The predicted octanol–water partition coefficient (Wildman–Crippen LogP) is 3.60. The van der Waals surface area contributed by atoms with Crippen LogP contribution >= 0.6 is 11.8 Å². The van der Waals surface area contributed by atoms with Crippen LogP contribution in [0.4, 0.5) is 13.2 Å². The van der Waals surface area contributed by atoms with Gasteiger partial charge in [0.25, 0.3) is 0 Å². The van der Waals surface area contributed by atoms with E-state index >= 15 is 0 Å². The standard InChI is InChI=1S/C11H13F3N2O2S/c1-6-7(8(15-18-6)11(12,13)14)4-19-9-10(2,3)5-17-16-9/h4-5H2,1-3H3. The first-order valence-corrected chi connectivity index (χ1v) is 6.56. The number of thioether (sulfide) groups is 1. The molecule has 1 aromatic rings. The molecule has 1 aliphatic rings. The zero-order chi connectivity index (χ0) is 14.3. The van der Waals surface area contributed by atoms with Gasteiger partial charge in [0, 0.05) is 11.3 Å². The Morgan fingerprint density at radius 2 is 2.05 bits per heavy atom. The van der Waals surface area contributed by atoms with E-state index < -0.39 is 11.9 Å². The van der Waals surface area contributed by atoms with Crippen molar-refractivity contribution in [3.05, 3.63) is 17.0 Å². The number of aryl methyl sites for hydroxylation is 1. The van der Waals surface area contributed by atoms with E-state index in [0.29, 0.717) is 11.7 Å². The number of rotatable bonds is 2. The molecule has 19 heavy (non-hydrogen) atoms. The third-order valence-electron chi connectivity index (χ3n) is 2.76. The van der Waals surface area contributed by atoms with Crippen LogP contribution in [0.5, 0.6) is 0 Å². The van der Waals surface area contributed by atoms with Gasteiger partial charge in [-0.25, -0.2) is 0 Å². The second-order valence-corrected chi connectivity index (χ2v) is 5.87. The maximum Gasteiger partial charge on any atom is 0.437 e. The predicted molar refractivity (Wildman–Crippen MR) is 64.7 cm³/mol. The van der Waals surface area contributed by atoms with Crippen molar-refractivity contribution in [2.24, 2.45) is 10.6 Å². The molecule has 0 N–H and O–H groups in total. The van der Waals surface area contributed by atoms with Gasteiger partial charge in [-0.1, -0.05) is 24.2 Å². The second-order valence-electron chi connectivity index (χ2n) is 4.91. The molecule has 2 rings (SSSR count). The zero-order valence-corrected chi connectivity index (χ0v) is 11.5. The monoisotopic (exact) mass is 294 g/mol. The van der Waals surface area contributed by atoms with Crippen LogP contribution in [0.2, 0.25) is 0 Å². The molecule has 0 atom stereocenters. The van der Waals surface area contributed by atoms with Crippen molar-refractivity contribution < 1.29 is 22.5 Å². The van der Waals surface area contributed by atoms with Crippen LogP contribution in [-0.4, -0.2) is 16.8 Å². The van der Waals surface area contributed by atoms with Gasteiger partial charge in [0.05, 0.1) is 5.41 Å². The van der Waals surface area contributed by atoms with Crippen LogP contribution in [0.1, 0.15) is 30.9 Å². The molecule has 0 unspecified atom stereocenters. The molecule has 0 amide bonds. The van der Waals surface area contributed by atoms with E-state index in [9.17, 15) is 13.2 Å². The van der Waals surface area contributed by atoms with Crippen LogP contribution in [-0.2, 0) is 16.8 Å². The van der Waals surface area contributed by atoms with Crippen LogP contribution in [0, 0.1) is 12.3 Å². The molecule has 0 radical (unpaired) electrons. The highest BCUT2D eigenvalue weighted by Crippen LogP contribution is 2.37. The maximum absolute atomic E-state index is 12.7. The largest absolute Gasteiger partial charge is 0.437 e. The van der Waals surface area contributed by atoms with Gasteiger partial charge in [0.1, 0.15) is 17.4 Å². The summed E-state index contributed by atoms with van der Waals surface area (Å²) in [5.41, 5.74) is -1.17. The van der Waals surface area contributed by atoms with Gasteiger partial charge in [-0.3, -0.25) is 0 Å². The lowest BCUT2D eigenvalue weighted by atomic mass is 9.97. The second kappa shape index (κ2) is 4.73. The SMILES string of the molecule is Cc1onc(C(F)(F)F)c1CSC1=NOCC1(C)C. The van der Waals surface area contributed by atoms with Gasteiger partial charge in [-0.15, -0.1) is 11.8 Å². The van der Waals surface area contributed by atoms with Crippen molar-refractivity contribution in [2.75, 3.05) is 6.61 Å². The molecule has 0 fully saturated rings. The fourth-order valence-corrected chi connectivity index (χ4v) is 2.76. The molecule has 0 saturated heterocycles. The Hall–Kier alpha value is -1.18. The lowest BCUT2D eigenvalue weighted by Crippen LogP contribution is -2.21. The van der Waals surface area contributed by atoms with Crippen LogP contribution in [0.15, 0.2) is 9.68 Å². The minimum absolute atomic E-state index is 0.0582. The minimum atomic E-state index is -4.50. The smallest absolute Gasteiger partial charge is 0.394 e. The van der Waals surface area contributed by atoms with Crippen molar-refractivity contribution in [3.8, 4) is 0 Å². The summed E-state index contributed by atoms with van der Waals surface area (Å²) in [7, 11) is 0. The molecule has 0 bridgehead atoms. The van der Waals surface area contributed by atoms with E-state index in [0.717, 1.165) is 0 Å². The Morgan fingerprint density at radius 3 is 2.58 bits per heavy atom. The van der Waals surface area contributed by atoms with Crippen LogP contribution < -0.4 is 0 Å². The number of nitrogens with zero attached hydrogens (tertiary/aromatic N) is 2. The summed E-state index contributed by atoms with van der Waals surface area (Å²) >= 11 is 1.22. The quantitative estimate of drug-likeness (QED) is 0.836. The van der Waals surface area contributed by atoms with E-state index in [1.807, 2.05) is 13.8 Å². The van der Waals surface area contributed by atoms with Crippen LogP contribution in [0.3, 0.4) is 0 Å². The number of halogens is 3. The molecule has 1 aromatic heterocycles. The molecule has 0 spiro atoms. The molecule has 0 aromatic carbocycles. The molecule has 4 nitrogen and oxygen atoms in total. The summed E-state index contributed by atoms with van der Waals surface area (Å²) in [6.45, 7) is 5.76. The molecule has 0 saturated carbocycles. The van der Waals surface area contributed by atoms with E-state index in [1.165, 1.54) is 18.7 Å². The van der Waals surface area contributed by atoms with Crippen molar-refractivity contribution in [1.29, 1.82) is 0 Å². The Balaban J connectivity index is 2.15. The lowest BCUT2D eigenvalue weighted by molar-refractivity contribution is -0.143. The summed E-state index contributed by atoms with van der Waals surface area (Å²) in [4.78, 5) is 4.98. The number of hydrogen-bond donors (Lipinski definition) is 0. The average Bonchev–Trinajstić information content (AvgIpc) is 2.78. The molecule has 1 aliphatic heterocycles. The van der Waals surface area contributed by atoms with Gasteiger partial charge in [0.15, 0.2) is 5.69 Å². The highest BCUT2D eigenvalue weighted by molar-refractivity contribution is 8.13. The number of aromatic nitrogens is 1. The molecule has 106 valence electrons. The third kappa shape index (κ3) is 2.88. The minimum Gasteiger partial charge on any atom is -0.394 e. The van der Waals surface area contributed by atoms with Gasteiger partial charge >= 0.3 is 6.18 Å². The molecular formula is C11H13F3N2O2S. The normalized spacial score (nSPS) is 18.3. The number of hydrogen-bond acceptors (Lipinski definition) is 5. The number of alkyl halides is 3. The summed E-state index contributed by atoms with van der Waals surface area (Å²) in [5, 5.41) is 7.62. The fourth-order valence-electron chi connectivity index (χ4n) is 1.58. The Bertz CT molecular complexity index is 509. The average molecular weight is 294 g/mol.